The molecule has 5 nitrogen and oxygen atoms in total. The first-order chi connectivity index (χ1) is 14.1. The molecule has 1 aromatic rings. The first-order valence-electron chi connectivity index (χ1n) is 11.1. The molecule has 0 aliphatic heterocycles. The number of hydrogen-bond donors (Lipinski definition) is 1. The van der Waals surface area contributed by atoms with Crippen molar-refractivity contribution in [3.63, 3.8) is 0 Å². The Bertz CT molecular complexity index is 705. The van der Waals surface area contributed by atoms with Crippen LogP contribution in [0, 0.1) is 17.3 Å². The number of fused-ring (bicyclic) bond motifs is 5. The number of aliphatic hydroxyl groups excluding tert-OH is 1. The molecule has 0 unspecified atom stereocenters. The molecule has 0 amide bonds. The van der Waals surface area contributed by atoms with Crippen molar-refractivity contribution in [3.05, 3.63) is 28.8 Å². The van der Waals surface area contributed by atoms with Gasteiger partial charge in [-0.3, -0.25) is 0 Å². The van der Waals surface area contributed by atoms with Gasteiger partial charge in [-0.25, -0.2) is 0 Å². The monoisotopic (exact) mass is 404 g/mol. The summed E-state index contributed by atoms with van der Waals surface area (Å²) in [6, 6.07) is 4.38. The van der Waals surface area contributed by atoms with E-state index < -0.39 is 0 Å². The first kappa shape index (κ1) is 21.1. The summed E-state index contributed by atoms with van der Waals surface area (Å²) in [5.41, 5.74) is 4.37. The van der Waals surface area contributed by atoms with Crippen molar-refractivity contribution in [1.82, 2.24) is 0 Å². The van der Waals surface area contributed by atoms with Crippen LogP contribution in [-0.4, -0.2) is 45.6 Å². The van der Waals surface area contributed by atoms with Gasteiger partial charge in [-0.2, -0.15) is 0 Å². The molecule has 0 radical (unpaired) electrons. The van der Waals surface area contributed by atoms with Crippen molar-refractivity contribution in [3.8, 4) is 5.75 Å². The molecule has 29 heavy (non-hydrogen) atoms. The van der Waals surface area contributed by atoms with E-state index in [0.29, 0.717) is 25.2 Å². The summed E-state index contributed by atoms with van der Waals surface area (Å²) >= 11 is 0. The Balaban J connectivity index is 1.60. The van der Waals surface area contributed by atoms with E-state index in [1.165, 1.54) is 42.4 Å². The Hall–Kier alpha value is -1.14. The van der Waals surface area contributed by atoms with Crippen LogP contribution in [0.5, 0.6) is 5.75 Å². The highest BCUT2D eigenvalue weighted by molar-refractivity contribution is 5.48. The number of ether oxygens (including phenoxy) is 4. The van der Waals surface area contributed by atoms with Crippen molar-refractivity contribution in [2.45, 2.75) is 63.9 Å². The smallest absolute Gasteiger partial charge is 0.188 e. The average molecular weight is 405 g/mol. The topological polar surface area (TPSA) is 57.2 Å². The molecule has 0 bridgehead atoms. The van der Waals surface area contributed by atoms with Crippen molar-refractivity contribution in [2.75, 3.05) is 34.4 Å². The van der Waals surface area contributed by atoms with Crippen molar-refractivity contribution in [1.29, 1.82) is 0 Å². The molecule has 5 heteroatoms. The molecule has 3 aliphatic rings. The summed E-state index contributed by atoms with van der Waals surface area (Å²) in [6.07, 6.45) is 8.11. The van der Waals surface area contributed by atoms with Gasteiger partial charge in [-0.1, -0.05) is 13.0 Å². The predicted octanol–water partition coefficient (Wildman–Crippen LogP) is 4.05. The summed E-state index contributed by atoms with van der Waals surface area (Å²) in [7, 11) is 3.34. The van der Waals surface area contributed by atoms with E-state index in [9.17, 15) is 5.11 Å². The standard InChI is InChI=1S/C24H36O5/c1-24-12-10-18-16-6-8-22(28-14-26-2)20(11-13-25)17(16)4-5-19(18)21(24)7-9-23(24)29-15-27-3/h6,8,18-19,21,23,25H,4-5,7,9-15H2,1-3H3/t18-,19-,21+,23+,24+/m1/s1. The van der Waals surface area contributed by atoms with E-state index in [2.05, 4.69) is 19.1 Å². The van der Waals surface area contributed by atoms with Crippen LogP contribution >= 0.6 is 0 Å². The van der Waals surface area contributed by atoms with Gasteiger partial charge in [0, 0.05) is 20.8 Å². The van der Waals surface area contributed by atoms with Crippen molar-refractivity contribution in [2.24, 2.45) is 17.3 Å². The lowest BCUT2D eigenvalue weighted by atomic mass is 9.55. The number of aliphatic hydroxyl groups is 1. The predicted molar refractivity (Wildman–Crippen MR) is 111 cm³/mol. The minimum atomic E-state index is 0.146. The molecule has 2 fully saturated rings. The molecule has 5 atom stereocenters. The largest absolute Gasteiger partial charge is 0.467 e. The molecule has 4 rings (SSSR count). The zero-order valence-electron chi connectivity index (χ0n) is 18.1. The first-order valence-corrected chi connectivity index (χ1v) is 11.1. The Morgan fingerprint density at radius 1 is 1.07 bits per heavy atom. The van der Waals surface area contributed by atoms with Crippen LogP contribution in [0.1, 0.15) is 61.6 Å². The van der Waals surface area contributed by atoms with Gasteiger partial charge in [0.25, 0.3) is 0 Å². The maximum atomic E-state index is 9.65. The third-order valence-electron chi connectivity index (χ3n) is 7.98. The molecular formula is C24H36O5. The maximum Gasteiger partial charge on any atom is 0.188 e. The fourth-order valence-corrected chi connectivity index (χ4v) is 6.74. The SMILES string of the molecule is COCOc1ccc2c(c1CCO)CC[C@@H]1[C@@H]2CC[C@]2(C)[C@@H](OCOC)CC[C@@H]12. The van der Waals surface area contributed by atoms with Gasteiger partial charge in [-0.15, -0.1) is 0 Å². The van der Waals surface area contributed by atoms with E-state index in [-0.39, 0.29) is 18.8 Å². The van der Waals surface area contributed by atoms with E-state index in [4.69, 9.17) is 18.9 Å². The molecule has 1 aromatic carbocycles. The van der Waals surface area contributed by atoms with Crippen LogP contribution in [0.3, 0.4) is 0 Å². The quantitative estimate of drug-likeness (QED) is 0.663. The number of hydrogen-bond acceptors (Lipinski definition) is 5. The highest BCUT2D eigenvalue weighted by Gasteiger charge is 2.55. The van der Waals surface area contributed by atoms with Crippen LogP contribution in [0.25, 0.3) is 0 Å². The Kier molecular flexibility index (Phi) is 6.50. The molecule has 1 N–H and O–H groups in total. The second-order valence-corrected chi connectivity index (χ2v) is 9.23. The Labute approximate surface area is 174 Å². The van der Waals surface area contributed by atoms with E-state index in [1.807, 2.05) is 0 Å². The zero-order chi connectivity index (χ0) is 20.4. The molecule has 3 aliphatic carbocycles. The van der Waals surface area contributed by atoms with E-state index in [0.717, 1.165) is 30.4 Å². The van der Waals surface area contributed by atoms with Gasteiger partial charge in [0.2, 0.25) is 0 Å². The lowest BCUT2D eigenvalue weighted by Crippen LogP contribution is -2.45. The maximum absolute atomic E-state index is 9.65. The minimum absolute atomic E-state index is 0.146. The molecule has 0 spiro atoms. The summed E-state index contributed by atoms with van der Waals surface area (Å²) < 4.78 is 22.2. The Morgan fingerprint density at radius 2 is 1.90 bits per heavy atom. The average Bonchev–Trinajstić information content (AvgIpc) is 3.07. The van der Waals surface area contributed by atoms with Crippen molar-refractivity contribution < 1.29 is 24.1 Å². The molecule has 0 aromatic heterocycles. The summed E-state index contributed by atoms with van der Waals surface area (Å²) in [5, 5.41) is 9.65. The summed E-state index contributed by atoms with van der Waals surface area (Å²) in [5.74, 6) is 2.94. The van der Waals surface area contributed by atoms with Crippen LogP contribution in [0.15, 0.2) is 12.1 Å². The van der Waals surface area contributed by atoms with Crippen LogP contribution in [-0.2, 0) is 27.1 Å². The molecule has 162 valence electrons. The molecule has 0 heterocycles. The third kappa shape index (κ3) is 3.71. The second kappa shape index (κ2) is 8.93. The van der Waals surface area contributed by atoms with Crippen LogP contribution in [0.2, 0.25) is 0 Å². The molecular weight excluding hydrogens is 368 g/mol. The van der Waals surface area contributed by atoms with E-state index in [1.54, 1.807) is 14.2 Å². The lowest BCUT2D eigenvalue weighted by molar-refractivity contribution is -0.125. The lowest BCUT2D eigenvalue weighted by Gasteiger charge is -2.51. The fraction of sp³-hybridized carbons (Fsp3) is 0.750. The third-order valence-corrected chi connectivity index (χ3v) is 7.98. The van der Waals surface area contributed by atoms with Gasteiger partial charge in [0.05, 0.1) is 6.10 Å². The fourth-order valence-electron chi connectivity index (χ4n) is 6.74. The van der Waals surface area contributed by atoms with Gasteiger partial charge >= 0.3 is 0 Å². The molecule has 0 saturated heterocycles. The van der Waals surface area contributed by atoms with Crippen LogP contribution in [0.4, 0.5) is 0 Å². The van der Waals surface area contributed by atoms with Crippen LogP contribution < -0.4 is 4.74 Å². The van der Waals surface area contributed by atoms with Gasteiger partial charge < -0.3 is 24.1 Å². The van der Waals surface area contributed by atoms with E-state index >= 15 is 0 Å². The van der Waals surface area contributed by atoms with Gasteiger partial charge in [0.1, 0.15) is 12.5 Å². The highest BCUT2D eigenvalue weighted by Crippen LogP contribution is 2.61. The normalized spacial score (nSPS) is 33.1. The number of benzene rings is 1. The number of methoxy groups -OCH3 is 2. The Morgan fingerprint density at radius 3 is 2.66 bits per heavy atom. The van der Waals surface area contributed by atoms with Gasteiger partial charge in [-0.05, 0) is 90.9 Å². The van der Waals surface area contributed by atoms with Gasteiger partial charge in [0.15, 0.2) is 6.79 Å². The molecule has 2 saturated carbocycles. The summed E-state index contributed by atoms with van der Waals surface area (Å²) in [6.45, 7) is 3.24. The zero-order valence-corrected chi connectivity index (χ0v) is 18.1. The second-order valence-electron chi connectivity index (χ2n) is 9.23. The minimum Gasteiger partial charge on any atom is -0.467 e. The highest BCUT2D eigenvalue weighted by atomic mass is 16.7. The summed E-state index contributed by atoms with van der Waals surface area (Å²) in [4.78, 5) is 0. The number of rotatable bonds is 8. The van der Waals surface area contributed by atoms with Crippen molar-refractivity contribution >= 4 is 0 Å².